The first-order chi connectivity index (χ1) is 14.4. The first-order valence-electron chi connectivity index (χ1n) is 10.4. The van der Waals surface area contributed by atoms with Gasteiger partial charge in [0.2, 0.25) is 5.71 Å². The summed E-state index contributed by atoms with van der Waals surface area (Å²) in [6.07, 6.45) is 6.67. The Bertz CT molecular complexity index is 858. The van der Waals surface area contributed by atoms with Crippen LogP contribution in [-0.4, -0.2) is 67.8 Å². The minimum atomic E-state index is 0.781. The molecule has 0 unspecified atom stereocenters. The minimum absolute atomic E-state index is 0.781. The van der Waals surface area contributed by atoms with Crippen molar-refractivity contribution >= 4 is 11.4 Å². The standard InChI is InChI=1S/C25H29N2O2/c1-3-8-22(9-4-1)24(26-14-18-28-19-15-26)12-7-13-25(23-10-5-2-6-11-23)27-16-20-29-21-17-27/h1-13H,14-21H2/q+1. The second-order valence-electron chi connectivity index (χ2n) is 7.23. The fourth-order valence-electron chi connectivity index (χ4n) is 3.83. The van der Waals surface area contributed by atoms with Crippen molar-refractivity contribution < 1.29 is 14.0 Å². The van der Waals surface area contributed by atoms with Crippen LogP contribution in [0.1, 0.15) is 11.1 Å². The Kier molecular flexibility index (Phi) is 6.89. The van der Waals surface area contributed by atoms with Gasteiger partial charge in [-0.2, -0.15) is 0 Å². The monoisotopic (exact) mass is 389 g/mol. The molecule has 2 heterocycles. The van der Waals surface area contributed by atoms with E-state index in [0.29, 0.717) is 0 Å². The normalized spacial score (nSPS) is 18.3. The molecule has 2 aliphatic rings. The highest BCUT2D eigenvalue weighted by atomic mass is 16.5. The smallest absolute Gasteiger partial charge is 0.207 e. The molecule has 0 aliphatic carbocycles. The third-order valence-corrected chi connectivity index (χ3v) is 5.35. The molecule has 2 aromatic carbocycles. The van der Waals surface area contributed by atoms with Crippen LogP contribution in [0.5, 0.6) is 0 Å². The van der Waals surface area contributed by atoms with Crippen LogP contribution in [0.3, 0.4) is 0 Å². The number of allylic oxidation sites excluding steroid dienone is 3. The molecule has 0 spiro atoms. The number of benzene rings is 2. The average molecular weight is 390 g/mol. The zero-order valence-corrected chi connectivity index (χ0v) is 16.9. The second-order valence-corrected chi connectivity index (χ2v) is 7.23. The highest BCUT2D eigenvalue weighted by Crippen LogP contribution is 2.20. The van der Waals surface area contributed by atoms with Crippen molar-refractivity contribution in [2.24, 2.45) is 0 Å². The van der Waals surface area contributed by atoms with Crippen molar-refractivity contribution in [3.8, 4) is 0 Å². The van der Waals surface area contributed by atoms with Crippen molar-refractivity contribution in [2.45, 2.75) is 0 Å². The number of hydrogen-bond acceptors (Lipinski definition) is 3. The van der Waals surface area contributed by atoms with E-state index >= 15 is 0 Å². The Morgan fingerprint density at radius 3 is 2.00 bits per heavy atom. The van der Waals surface area contributed by atoms with Crippen molar-refractivity contribution in [1.82, 2.24) is 4.90 Å². The lowest BCUT2D eigenvalue weighted by Gasteiger charge is -2.31. The van der Waals surface area contributed by atoms with Crippen LogP contribution in [0.2, 0.25) is 0 Å². The van der Waals surface area contributed by atoms with E-state index in [2.05, 4.69) is 88.4 Å². The molecule has 0 aromatic heterocycles. The van der Waals surface area contributed by atoms with Crippen LogP contribution < -0.4 is 0 Å². The summed E-state index contributed by atoms with van der Waals surface area (Å²) in [6, 6.07) is 21.2. The Balaban J connectivity index is 1.66. The summed E-state index contributed by atoms with van der Waals surface area (Å²) in [5, 5.41) is 0. The number of ether oxygens (including phenoxy) is 2. The third-order valence-electron chi connectivity index (χ3n) is 5.35. The van der Waals surface area contributed by atoms with Crippen molar-refractivity contribution in [2.75, 3.05) is 52.6 Å². The van der Waals surface area contributed by atoms with Crippen molar-refractivity contribution in [3.63, 3.8) is 0 Å². The Labute approximate surface area is 173 Å². The molecule has 0 radical (unpaired) electrons. The summed E-state index contributed by atoms with van der Waals surface area (Å²) < 4.78 is 13.5. The van der Waals surface area contributed by atoms with Crippen LogP contribution >= 0.6 is 0 Å². The predicted octanol–water partition coefficient (Wildman–Crippen LogP) is 3.45. The molecule has 29 heavy (non-hydrogen) atoms. The fourth-order valence-corrected chi connectivity index (χ4v) is 3.83. The molecule has 150 valence electrons. The van der Waals surface area contributed by atoms with Gasteiger partial charge >= 0.3 is 0 Å². The van der Waals surface area contributed by atoms with E-state index < -0.39 is 0 Å². The fraction of sp³-hybridized carbons (Fsp3) is 0.320. The Morgan fingerprint density at radius 2 is 1.34 bits per heavy atom. The lowest BCUT2D eigenvalue weighted by Crippen LogP contribution is -2.35. The maximum Gasteiger partial charge on any atom is 0.207 e. The van der Waals surface area contributed by atoms with E-state index in [1.54, 1.807) is 0 Å². The Morgan fingerprint density at radius 1 is 0.759 bits per heavy atom. The van der Waals surface area contributed by atoms with Gasteiger partial charge in [0.05, 0.1) is 13.2 Å². The largest absolute Gasteiger partial charge is 0.378 e. The zero-order valence-electron chi connectivity index (χ0n) is 16.9. The SMILES string of the molecule is C(=C\C(c1ccccc1)=[N+]1CCOCC1)/C=C(\c1ccccc1)N1CCOCC1. The molecule has 2 fully saturated rings. The van der Waals surface area contributed by atoms with Gasteiger partial charge in [0.1, 0.15) is 13.2 Å². The topological polar surface area (TPSA) is 24.7 Å². The van der Waals surface area contributed by atoms with Crippen molar-refractivity contribution in [3.05, 3.63) is 90.0 Å². The number of morpholine rings is 2. The third kappa shape index (κ3) is 5.22. The van der Waals surface area contributed by atoms with Crippen LogP contribution in [0.15, 0.2) is 78.9 Å². The van der Waals surface area contributed by atoms with Gasteiger partial charge in [0, 0.05) is 30.4 Å². The van der Waals surface area contributed by atoms with Gasteiger partial charge in [-0.1, -0.05) is 54.6 Å². The summed E-state index contributed by atoms with van der Waals surface area (Å²) in [5.74, 6) is 0. The quantitative estimate of drug-likeness (QED) is 0.578. The maximum absolute atomic E-state index is 5.56. The van der Waals surface area contributed by atoms with Crippen LogP contribution in [0, 0.1) is 0 Å². The lowest BCUT2D eigenvalue weighted by molar-refractivity contribution is -0.548. The molecule has 4 rings (SSSR count). The van der Waals surface area contributed by atoms with E-state index in [0.717, 1.165) is 52.6 Å². The van der Waals surface area contributed by atoms with E-state index in [-0.39, 0.29) is 0 Å². The molecule has 4 heteroatoms. The van der Waals surface area contributed by atoms with Gasteiger partial charge in [-0.05, 0) is 23.8 Å². The lowest BCUT2D eigenvalue weighted by atomic mass is 10.1. The molecule has 4 nitrogen and oxygen atoms in total. The van der Waals surface area contributed by atoms with E-state index in [1.807, 2.05) is 0 Å². The minimum Gasteiger partial charge on any atom is -0.378 e. The molecule has 2 aromatic rings. The maximum atomic E-state index is 5.56. The van der Waals surface area contributed by atoms with Gasteiger partial charge < -0.3 is 14.4 Å². The van der Waals surface area contributed by atoms with E-state index in [1.165, 1.54) is 22.5 Å². The van der Waals surface area contributed by atoms with Gasteiger partial charge in [0.15, 0.2) is 13.1 Å². The molecule has 0 bridgehead atoms. The van der Waals surface area contributed by atoms with Gasteiger partial charge in [-0.3, -0.25) is 0 Å². The van der Waals surface area contributed by atoms with Crippen LogP contribution in [-0.2, 0) is 9.47 Å². The van der Waals surface area contributed by atoms with Gasteiger partial charge in [-0.25, -0.2) is 4.58 Å². The zero-order chi connectivity index (χ0) is 19.7. The summed E-state index contributed by atoms with van der Waals surface area (Å²) >= 11 is 0. The number of nitrogens with zero attached hydrogens (tertiary/aromatic N) is 2. The van der Waals surface area contributed by atoms with Crippen LogP contribution in [0.25, 0.3) is 5.70 Å². The highest BCUT2D eigenvalue weighted by molar-refractivity contribution is 6.05. The summed E-state index contributed by atoms with van der Waals surface area (Å²) in [7, 11) is 0. The van der Waals surface area contributed by atoms with Gasteiger partial charge in [-0.15, -0.1) is 0 Å². The first-order valence-corrected chi connectivity index (χ1v) is 10.4. The number of hydrogen-bond donors (Lipinski definition) is 0. The highest BCUT2D eigenvalue weighted by Gasteiger charge is 2.18. The molecule has 0 saturated carbocycles. The summed E-state index contributed by atoms with van der Waals surface area (Å²) in [5.41, 5.74) is 4.98. The molecular weight excluding hydrogens is 360 g/mol. The molecule has 0 atom stereocenters. The molecule has 2 saturated heterocycles. The van der Waals surface area contributed by atoms with Crippen LogP contribution in [0.4, 0.5) is 0 Å². The number of rotatable bonds is 5. The molecule has 2 aliphatic heterocycles. The second kappa shape index (κ2) is 10.2. The Hall–Kier alpha value is -2.69. The van der Waals surface area contributed by atoms with E-state index in [9.17, 15) is 0 Å². The summed E-state index contributed by atoms with van der Waals surface area (Å²) in [4.78, 5) is 2.42. The molecular formula is C25H29N2O2+. The average Bonchev–Trinajstić information content (AvgIpc) is 2.81. The molecule has 0 N–H and O–H groups in total. The predicted molar refractivity (Wildman–Crippen MR) is 117 cm³/mol. The van der Waals surface area contributed by atoms with E-state index in [4.69, 9.17) is 9.47 Å². The molecule has 0 amide bonds. The van der Waals surface area contributed by atoms with Crippen molar-refractivity contribution in [1.29, 1.82) is 0 Å². The van der Waals surface area contributed by atoms with Gasteiger partial charge in [0.25, 0.3) is 0 Å². The first kappa shape index (κ1) is 19.6. The summed E-state index contributed by atoms with van der Waals surface area (Å²) in [6.45, 7) is 6.82.